The Balaban J connectivity index is 1.82. The summed E-state index contributed by atoms with van der Waals surface area (Å²) in [4.78, 5) is 14.1. The van der Waals surface area contributed by atoms with Crippen molar-refractivity contribution in [3.05, 3.63) is 29.7 Å². The third kappa shape index (κ3) is 3.81. The number of aromatic nitrogens is 4. The van der Waals surface area contributed by atoms with E-state index in [4.69, 9.17) is 9.97 Å². The molecule has 0 atom stereocenters. The Labute approximate surface area is 138 Å². The van der Waals surface area contributed by atoms with E-state index in [0.29, 0.717) is 0 Å². The van der Waals surface area contributed by atoms with Gasteiger partial charge in [0.2, 0.25) is 5.95 Å². The SMILES string of the molecule is CCc1cc(N(C)Cc2cnn(C)c2)nc(N2CCCCC2)n1. The van der Waals surface area contributed by atoms with Crippen molar-refractivity contribution in [3.63, 3.8) is 0 Å². The van der Waals surface area contributed by atoms with Crippen molar-refractivity contribution in [2.24, 2.45) is 7.05 Å². The second-order valence-corrected chi connectivity index (χ2v) is 6.30. The molecule has 0 saturated carbocycles. The van der Waals surface area contributed by atoms with Gasteiger partial charge in [-0.05, 0) is 25.7 Å². The van der Waals surface area contributed by atoms with Gasteiger partial charge >= 0.3 is 0 Å². The molecule has 6 heteroatoms. The lowest BCUT2D eigenvalue weighted by Gasteiger charge is -2.28. The van der Waals surface area contributed by atoms with Gasteiger partial charge in [0.05, 0.1) is 6.20 Å². The quantitative estimate of drug-likeness (QED) is 0.848. The van der Waals surface area contributed by atoms with Gasteiger partial charge in [-0.25, -0.2) is 4.98 Å². The van der Waals surface area contributed by atoms with E-state index in [1.54, 1.807) is 0 Å². The lowest BCUT2D eigenvalue weighted by molar-refractivity contribution is 0.567. The highest BCUT2D eigenvalue weighted by Crippen LogP contribution is 2.21. The number of hydrogen-bond acceptors (Lipinski definition) is 5. The Morgan fingerprint density at radius 3 is 2.61 bits per heavy atom. The summed E-state index contributed by atoms with van der Waals surface area (Å²) in [7, 11) is 4.02. The normalized spacial score (nSPS) is 15.0. The van der Waals surface area contributed by atoms with Crippen molar-refractivity contribution < 1.29 is 0 Å². The Morgan fingerprint density at radius 1 is 1.17 bits per heavy atom. The van der Waals surface area contributed by atoms with Crippen molar-refractivity contribution in [1.82, 2.24) is 19.7 Å². The third-order valence-electron chi connectivity index (χ3n) is 4.32. The van der Waals surface area contributed by atoms with E-state index in [-0.39, 0.29) is 0 Å². The van der Waals surface area contributed by atoms with Crippen LogP contribution < -0.4 is 9.80 Å². The molecule has 0 N–H and O–H groups in total. The molecule has 0 spiro atoms. The highest BCUT2D eigenvalue weighted by atomic mass is 15.3. The van der Waals surface area contributed by atoms with Crippen LogP contribution in [0.2, 0.25) is 0 Å². The topological polar surface area (TPSA) is 50.1 Å². The fourth-order valence-corrected chi connectivity index (χ4v) is 2.99. The number of aryl methyl sites for hydroxylation is 2. The number of rotatable bonds is 5. The van der Waals surface area contributed by atoms with Gasteiger partial charge < -0.3 is 9.80 Å². The minimum absolute atomic E-state index is 0.799. The van der Waals surface area contributed by atoms with Gasteiger partial charge in [0.25, 0.3) is 0 Å². The molecule has 1 fully saturated rings. The maximum Gasteiger partial charge on any atom is 0.227 e. The Kier molecular flexibility index (Phi) is 4.79. The van der Waals surface area contributed by atoms with E-state index in [1.807, 2.05) is 24.1 Å². The summed E-state index contributed by atoms with van der Waals surface area (Å²) in [6.45, 7) is 5.08. The van der Waals surface area contributed by atoms with E-state index in [2.05, 4.69) is 34.9 Å². The van der Waals surface area contributed by atoms with Crippen molar-refractivity contribution in [1.29, 1.82) is 0 Å². The van der Waals surface area contributed by atoms with Crippen molar-refractivity contribution >= 4 is 11.8 Å². The predicted molar refractivity (Wildman–Crippen MR) is 92.8 cm³/mol. The van der Waals surface area contributed by atoms with Crippen LogP contribution in [0.1, 0.15) is 37.4 Å². The molecule has 0 aliphatic carbocycles. The molecule has 2 aromatic rings. The first-order valence-corrected chi connectivity index (χ1v) is 8.47. The largest absolute Gasteiger partial charge is 0.355 e. The molecule has 0 aromatic carbocycles. The highest BCUT2D eigenvalue weighted by Gasteiger charge is 2.16. The van der Waals surface area contributed by atoms with Gasteiger partial charge in [0, 0.05) is 57.3 Å². The predicted octanol–water partition coefficient (Wildman–Crippen LogP) is 2.40. The van der Waals surface area contributed by atoms with Crippen LogP contribution in [0.4, 0.5) is 11.8 Å². The second kappa shape index (κ2) is 6.98. The minimum atomic E-state index is 0.799. The average molecular weight is 314 g/mol. The number of piperidine rings is 1. The maximum absolute atomic E-state index is 4.82. The van der Waals surface area contributed by atoms with Crippen LogP contribution in [0.5, 0.6) is 0 Å². The maximum atomic E-state index is 4.82. The van der Waals surface area contributed by atoms with Gasteiger partial charge in [-0.15, -0.1) is 0 Å². The molecule has 1 aliphatic heterocycles. The molecular formula is C17H26N6. The summed E-state index contributed by atoms with van der Waals surface area (Å²) in [6, 6.07) is 2.10. The molecule has 2 aromatic heterocycles. The Morgan fingerprint density at radius 2 is 1.96 bits per heavy atom. The Hall–Kier alpha value is -2.11. The molecule has 3 heterocycles. The molecule has 6 nitrogen and oxygen atoms in total. The van der Waals surface area contributed by atoms with Gasteiger partial charge in [-0.3, -0.25) is 4.68 Å². The smallest absolute Gasteiger partial charge is 0.227 e. The summed E-state index contributed by atoms with van der Waals surface area (Å²) in [5.74, 6) is 1.87. The highest BCUT2D eigenvalue weighted by molar-refractivity contribution is 5.46. The number of nitrogens with zero attached hydrogens (tertiary/aromatic N) is 6. The average Bonchev–Trinajstić information content (AvgIpc) is 3.00. The van der Waals surface area contributed by atoms with E-state index in [9.17, 15) is 0 Å². The van der Waals surface area contributed by atoms with E-state index >= 15 is 0 Å². The van der Waals surface area contributed by atoms with E-state index in [0.717, 1.165) is 43.5 Å². The molecule has 3 rings (SSSR count). The van der Waals surface area contributed by atoms with Gasteiger partial charge in [-0.2, -0.15) is 10.1 Å². The first-order valence-electron chi connectivity index (χ1n) is 8.47. The van der Waals surface area contributed by atoms with Crippen LogP contribution in [0, 0.1) is 0 Å². The van der Waals surface area contributed by atoms with Gasteiger partial charge in [-0.1, -0.05) is 6.92 Å². The van der Waals surface area contributed by atoms with Crippen molar-refractivity contribution in [2.75, 3.05) is 29.9 Å². The summed E-state index contributed by atoms with van der Waals surface area (Å²) in [5, 5.41) is 4.24. The van der Waals surface area contributed by atoms with E-state index < -0.39 is 0 Å². The number of anilines is 2. The molecule has 1 saturated heterocycles. The van der Waals surface area contributed by atoms with Crippen molar-refractivity contribution in [3.8, 4) is 0 Å². The first kappa shape index (κ1) is 15.8. The first-order chi connectivity index (χ1) is 11.2. The van der Waals surface area contributed by atoms with Crippen LogP contribution >= 0.6 is 0 Å². The lowest BCUT2D eigenvalue weighted by Crippen LogP contribution is -2.32. The van der Waals surface area contributed by atoms with Crippen LogP contribution in [0.15, 0.2) is 18.5 Å². The summed E-state index contributed by atoms with van der Waals surface area (Å²) in [5.41, 5.74) is 2.29. The third-order valence-corrected chi connectivity index (χ3v) is 4.32. The van der Waals surface area contributed by atoms with Crippen molar-refractivity contribution in [2.45, 2.75) is 39.2 Å². The zero-order valence-electron chi connectivity index (χ0n) is 14.4. The monoisotopic (exact) mass is 314 g/mol. The summed E-state index contributed by atoms with van der Waals surface area (Å²) in [6.07, 6.45) is 8.67. The molecule has 0 unspecified atom stereocenters. The van der Waals surface area contributed by atoms with Crippen LogP contribution in [0.3, 0.4) is 0 Å². The van der Waals surface area contributed by atoms with Gasteiger partial charge in [0.1, 0.15) is 5.82 Å². The lowest BCUT2D eigenvalue weighted by atomic mass is 10.1. The molecule has 0 radical (unpaired) electrons. The fraction of sp³-hybridized carbons (Fsp3) is 0.588. The van der Waals surface area contributed by atoms with E-state index in [1.165, 1.54) is 24.8 Å². The summed E-state index contributed by atoms with van der Waals surface area (Å²) >= 11 is 0. The second-order valence-electron chi connectivity index (χ2n) is 6.30. The standard InChI is InChI=1S/C17H26N6/c1-4-15-10-16(21(2)12-14-11-18-22(3)13-14)20-17(19-15)23-8-6-5-7-9-23/h10-11,13H,4-9,12H2,1-3H3. The van der Waals surface area contributed by atoms with Crippen LogP contribution in [-0.2, 0) is 20.0 Å². The van der Waals surface area contributed by atoms with Crippen LogP contribution in [-0.4, -0.2) is 39.9 Å². The van der Waals surface area contributed by atoms with Crippen LogP contribution in [0.25, 0.3) is 0 Å². The summed E-state index contributed by atoms with van der Waals surface area (Å²) < 4.78 is 1.83. The minimum Gasteiger partial charge on any atom is -0.355 e. The molecule has 124 valence electrons. The number of hydrogen-bond donors (Lipinski definition) is 0. The Bertz CT molecular complexity index is 644. The molecule has 23 heavy (non-hydrogen) atoms. The zero-order valence-corrected chi connectivity index (χ0v) is 14.4. The molecular weight excluding hydrogens is 288 g/mol. The molecule has 1 aliphatic rings. The molecule has 0 amide bonds. The zero-order chi connectivity index (χ0) is 16.2. The molecule has 0 bridgehead atoms. The fourth-order valence-electron chi connectivity index (χ4n) is 2.99. The van der Waals surface area contributed by atoms with Gasteiger partial charge in [0.15, 0.2) is 0 Å².